The fourth-order valence-electron chi connectivity index (χ4n) is 2.62. The molecule has 1 aromatic carbocycles. The summed E-state index contributed by atoms with van der Waals surface area (Å²) in [5.74, 6) is 0. The molecule has 1 heterocycles. The van der Waals surface area contributed by atoms with Crippen molar-refractivity contribution < 1.29 is 10.2 Å². The van der Waals surface area contributed by atoms with Gasteiger partial charge in [-0.05, 0) is 53.5 Å². The lowest BCUT2D eigenvalue weighted by Crippen LogP contribution is -2.32. The molecule has 1 atom stereocenters. The molecule has 0 amide bonds. The minimum atomic E-state index is -0.440. The Morgan fingerprint density at radius 2 is 2.05 bits per heavy atom. The van der Waals surface area contributed by atoms with E-state index in [1.54, 1.807) is 6.92 Å². The van der Waals surface area contributed by atoms with E-state index in [0.29, 0.717) is 0 Å². The van der Waals surface area contributed by atoms with Crippen molar-refractivity contribution in [1.29, 1.82) is 0 Å². The molecule has 1 saturated heterocycles. The molecule has 0 saturated carbocycles. The summed E-state index contributed by atoms with van der Waals surface area (Å²) in [6, 6.07) is 6.06. The standard InChI is InChI=1S/C15H23BrN2O2/c1-12(20)13-3-4-15(14(16)11-13)18-6-2-5-17(7-8-18)9-10-19/h3-4,11-12,19-20H,2,5-10H2,1H3. The maximum Gasteiger partial charge on any atom is 0.0762 e. The molecule has 0 radical (unpaired) electrons. The summed E-state index contributed by atoms with van der Waals surface area (Å²) < 4.78 is 1.03. The quantitative estimate of drug-likeness (QED) is 0.878. The molecule has 1 unspecified atom stereocenters. The van der Waals surface area contributed by atoms with Crippen molar-refractivity contribution in [1.82, 2.24) is 4.90 Å². The number of rotatable bonds is 4. The molecule has 0 aliphatic carbocycles. The largest absolute Gasteiger partial charge is 0.395 e. The van der Waals surface area contributed by atoms with Gasteiger partial charge in [0.1, 0.15) is 0 Å². The predicted octanol–water partition coefficient (Wildman–Crippen LogP) is 2.01. The Labute approximate surface area is 129 Å². The van der Waals surface area contributed by atoms with Crippen LogP contribution >= 0.6 is 15.9 Å². The highest BCUT2D eigenvalue weighted by molar-refractivity contribution is 9.10. The van der Waals surface area contributed by atoms with Crippen LogP contribution in [0.25, 0.3) is 0 Å². The highest BCUT2D eigenvalue weighted by Gasteiger charge is 2.17. The van der Waals surface area contributed by atoms with E-state index in [9.17, 15) is 5.11 Å². The Balaban J connectivity index is 2.07. The summed E-state index contributed by atoms with van der Waals surface area (Å²) in [5.41, 5.74) is 2.11. The second-order valence-electron chi connectivity index (χ2n) is 5.29. The lowest BCUT2D eigenvalue weighted by molar-refractivity contribution is 0.199. The Morgan fingerprint density at radius 1 is 1.25 bits per heavy atom. The van der Waals surface area contributed by atoms with E-state index in [0.717, 1.165) is 49.2 Å². The maximum atomic E-state index is 9.62. The van der Waals surface area contributed by atoms with E-state index < -0.39 is 6.10 Å². The minimum absolute atomic E-state index is 0.229. The molecule has 1 aromatic rings. The van der Waals surface area contributed by atoms with Crippen LogP contribution in [-0.2, 0) is 0 Å². The molecule has 2 rings (SSSR count). The summed E-state index contributed by atoms with van der Waals surface area (Å²) in [6.07, 6.45) is 0.662. The molecule has 4 nitrogen and oxygen atoms in total. The fourth-order valence-corrected chi connectivity index (χ4v) is 3.26. The number of aliphatic hydroxyl groups is 2. The van der Waals surface area contributed by atoms with Crippen molar-refractivity contribution in [2.24, 2.45) is 0 Å². The molecule has 112 valence electrons. The molecule has 0 aromatic heterocycles. The molecule has 0 bridgehead atoms. The smallest absolute Gasteiger partial charge is 0.0762 e. The van der Waals surface area contributed by atoms with Gasteiger partial charge in [0.05, 0.1) is 18.4 Å². The lowest BCUT2D eigenvalue weighted by atomic mass is 10.1. The van der Waals surface area contributed by atoms with Gasteiger partial charge in [0, 0.05) is 30.7 Å². The van der Waals surface area contributed by atoms with Gasteiger partial charge in [0.25, 0.3) is 0 Å². The third kappa shape index (κ3) is 3.95. The third-order valence-corrected chi connectivity index (χ3v) is 4.43. The molecular weight excluding hydrogens is 320 g/mol. The summed E-state index contributed by atoms with van der Waals surface area (Å²) in [5, 5.41) is 18.7. The van der Waals surface area contributed by atoms with Crippen LogP contribution in [0.2, 0.25) is 0 Å². The van der Waals surface area contributed by atoms with Crippen molar-refractivity contribution in [3.63, 3.8) is 0 Å². The van der Waals surface area contributed by atoms with Crippen LogP contribution < -0.4 is 4.90 Å². The average Bonchev–Trinajstić information content (AvgIpc) is 2.65. The summed E-state index contributed by atoms with van der Waals surface area (Å²) in [6.45, 7) is 6.77. The molecule has 1 fully saturated rings. The molecule has 2 N–H and O–H groups in total. The van der Waals surface area contributed by atoms with Crippen LogP contribution in [0.15, 0.2) is 22.7 Å². The van der Waals surface area contributed by atoms with Gasteiger partial charge in [-0.3, -0.25) is 4.90 Å². The second kappa shape index (κ2) is 7.41. The summed E-state index contributed by atoms with van der Waals surface area (Å²) in [4.78, 5) is 4.67. The van der Waals surface area contributed by atoms with Crippen molar-refractivity contribution >= 4 is 21.6 Å². The number of anilines is 1. The molecule has 1 aliphatic heterocycles. The number of benzene rings is 1. The van der Waals surface area contributed by atoms with E-state index >= 15 is 0 Å². The number of β-amino-alcohol motifs (C(OH)–C–C–N with tert-alkyl or cyclic N) is 1. The Kier molecular flexibility index (Phi) is 5.84. The van der Waals surface area contributed by atoms with Gasteiger partial charge in [0.2, 0.25) is 0 Å². The molecule has 5 heteroatoms. The van der Waals surface area contributed by atoms with Gasteiger partial charge in [0.15, 0.2) is 0 Å². The van der Waals surface area contributed by atoms with E-state index in [-0.39, 0.29) is 6.61 Å². The lowest BCUT2D eigenvalue weighted by Gasteiger charge is -2.25. The Morgan fingerprint density at radius 3 is 2.70 bits per heavy atom. The zero-order valence-corrected chi connectivity index (χ0v) is 13.5. The molecule has 0 spiro atoms. The van der Waals surface area contributed by atoms with E-state index in [1.807, 2.05) is 12.1 Å². The second-order valence-corrected chi connectivity index (χ2v) is 6.15. The molecule has 1 aliphatic rings. The first-order valence-electron chi connectivity index (χ1n) is 7.17. The van der Waals surface area contributed by atoms with Crippen molar-refractivity contribution in [3.8, 4) is 0 Å². The van der Waals surface area contributed by atoms with Crippen molar-refractivity contribution in [2.45, 2.75) is 19.4 Å². The number of hydrogen-bond acceptors (Lipinski definition) is 4. The highest BCUT2D eigenvalue weighted by Crippen LogP contribution is 2.30. The predicted molar refractivity (Wildman–Crippen MR) is 85.1 cm³/mol. The zero-order chi connectivity index (χ0) is 14.5. The number of aliphatic hydroxyl groups excluding tert-OH is 2. The highest BCUT2D eigenvalue weighted by atomic mass is 79.9. The summed E-state index contributed by atoms with van der Waals surface area (Å²) >= 11 is 3.62. The number of nitrogens with zero attached hydrogens (tertiary/aromatic N) is 2. The van der Waals surface area contributed by atoms with Gasteiger partial charge >= 0.3 is 0 Å². The van der Waals surface area contributed by atoms with Crippen LogP contribution in [0.1, 0.15) is 25.0 Å². The van der Waals surface area contributed by atoms with Crippen LogP contribution in [0, 0.1) is 0 Å². The van der Waals surface area contributed by atoms with Gasteiger partial charge in [-0.15, -0.1) is 0 Å². The van der Waals surface area contributed by atoms with Crippen LogP contribution in [0.4, 0.5) is 5.69 Å². The van der Waals surface area contributed by atoms with E-state index in [1.165, 1.54) is 5.69 Å². The molecule has 20 heavy (non-hydrogen) atoms. The number of halogens is 1. The van der Waals surface area contributed by atoms with E-state index in [2.05, 4.69) is 31.8 Å². The third-order valence-electron chi connectivity index (χ3n) is 3.80. The van der Waals surface area contributed by atoms with Crippen molar-refractivity contribution in [3.05, 3.63) is 28.2 Å². The van der Waals surface area contributed by atoms with E-state index in [4.69, 9.17) is 5.11 Å². The fraction of sp³-hybridized carbons (Fsp3) is 0.600. The Hall–Kier alpha value is -0.620. The summed E-state index contributed by atoms with van der Waals surface area (Å²) in [7, 11) is 0. The van der Waals surface area contributed by atoms with Gasteiger partial charge < -0.3 is 15.1 Å². The van der Waals surface area contributed by atoms with Crippen LogP contribution in [-0.4, -0.2) is 54.4 Å². The average molecular weight is 343 g/mol. The minimum Gasteiger partial charge on any atom is -0.395 e. The molecular formula is C15H23BrN2O2. The Bertz CT molecular complexity index is 440. The van der Waals surface area contributed by atoms with Crippen LogP contribution in [0.3, 0.4) is 0 Å². The monoisotopic (exact) mass is 342 g/mol. The SMILES string of the molecule is CC(O)c1ccc(N2CCCN(CCO)CC2)c(Br)c1. The van der Waals surface area contributed by atoms with Gasteiger partial charge in [-0.1, -0.05) is 6.07 Å². The normalized spacial score (nSPS) is 18.9. The van der Waals surface area contributed by atoms with Crippen molar-refractivity contribution in [2.75, 3.05) is 44.2 Å². The number of hydrogen-bond donors (Lipinski definition) is 2. The van der Waals surface area contributed by atoms with Crippen LogP contribution in [0.5, 0.6) is 0 Å². The first kappa shape index (κ1) is 15.8. The topological polar surface area (TPSA) is 46.9 Å². The van der Waals surface area contributed by atoms with Gasteiger partial charge in [-0.2, -0.15) is 0 Å². The maximum absolute atomic E-state index is 9.62. The first-order valence-corrected chi connectivity index (χ1v) is 7.97. The first-order chi connectivity index (χ1) is 9.61. The van der Waals surface area contributed by atoms with Gasteiger partial charge in [-0.25, -0.2) is 0 Å². The zero-order valence-electron chi connectivity index (χ0n) is 11.9.